The van der Waals surface area contributed by atoms with Crippen molar-refractivity contribution in [1.82, 2.24) is 0 Å². The first-order valence-corrected chi connectivity index (χ1v) is 11.2. The molecule has 0 bridgehead atoms. The summed E-state index contributed by atoms with van der Waals surface area (Å²) in [5.41, 5.74) is 4.27. The highest BCUT2D eigenvalue weighted by Gasteiger charge is 2.19. The minimum absolute atomic E-state index is 0.478. The molecule has 4 aromatic carbocycles. The smallest absolute Gasteiger partial charge is 0.139 e. The lowest BCUT2D eigenvalue weighted by molar-refractivity contribution is 0.305. The van der Waals surface area contributed by atoms with E-state index in [2.05, 4.69) is 23.5 Å². The van der Waals surface area contributed by atoms with E-state index in [4.69, 9.17) is 21.1 Å². The maximum Gasteiger partial charge on any atom is 0.139 e. The van der Waals surface area contributed by atoms with Crippen molar-refractivity contribution in [3.8, 4) is 11.5 Å². The summed E-state index contributed by atoms with van der Waals surface area (Å²) in [4.78, 5) is 2.18. The normalized spacial score (nSPS) is 11.8. The lowest BCUT2D eigenvalue weighted by Gasteiger charge is -2.23. The van der Waals surface area contributed by atoms with Gasteiger partial charge >= 0.3 is 0 Å². The monoisotopic (exact) mass is 445 g/mol. The molecule has 31 heavy (non-hydrogen) atoms. The van der Waals surface area contributed by atoms with Gasteiger partial charge in [-0.2, -0.15) is 0 Å². The average Bonchev–Trinajstić information content (AvgIpc) is 2.81. The highest BCUT2D eigenvalue weighted by Crippen LogP contribution is 2.48. The number of benzene rings is 4. The molecule has 0 radical (unpaired) electrons. The van der Waals surface area contributed by atoms with E-state index < -0.39 is 0 Å². The van der Waals surface area contributed by atoms with Gasteiger partial charge in [0, 0.05) is 9.79 Å². The fourth-order valence-corrected chi connectivity index (χ4v) is 4.59. The van der Waals surface area contributed by atoms with Gasteiger partial charge in [-0.05, 0) is 41.5 Å². The maximum absolute atomic E-state index is 6.48. The first-order valence-electron chi connectivity index (χ1n) is 10.0. The largest absolute Gasteiger partial charge is 0.489 e. The van der Waals surface area contributed by atoms with E-state index in [0.29, 0.717) is 24.0 Å². The highest BCUT2D eigenvalue weighted by atomic mass is 35.5. The van der Waals surface area contributed by atoms with Crippen molar-refractivity contribution in [1.29, 1.82) is 0 Å². The molecule has 0 saturated carbocycles. The van der Waals surface area contributed by atoms with Gasteiger partial charge in [-0.25, -0.2) is 0 Å². The third-order valence-corrected chi connectivity index (χ3v) is 6.37. The number of hydrogen-bond acceptors (Lipinski definition) is 4. The second kappa shape index (κ2) is 8.96. The minimum Gasteiger partial charge on any atom is -0.489 e. The zero-order valence-electron chi connectivity index (χ0n) is 16.7. The van der Waals surface area contributed by atoms with E-state index in [-0.39, 0.29) is 0 Å². The SMILES string of the molecule is Clc1cc2c(cc1OCc1ccccc1)Sc1cc(OCc3ccccc3)ccc1N2. The van der Waals surface area contributed by atoms with Crippen molar-refractivity contribution >= 4 is 34.7 Å². The van der Waals surface area contributed by atoms with Crippen LogP contribution >= 0.6 is 23.4 Å². The summed E-state index contributed by atoms with van der Waals surface area (Å²) in [5, 5.41) is 4.06. The lowest BCUT2D eigenvalue weighted by atomic mass is 10.2. The molecule has 4 aromatic rings. The van der Waals surface area contributed by atoms with Crippen LogP contribution in [0.25, 0.3) is 0 Å². The summed E-state index contributed by atoms with van der Waals surface area (Å²) < 4.78 is 12.0. The molecule has 0 fully saturated rings. The molecule has 154 valence electrons. The summed E-state index contributed by atoms with van der Waals surface area (Å²) in [5.74, 6) is 1.52. The van der Waals surface area contributed by atoms with Gasteiger partial charge in [0.05, 0.1) is 16.4 Å². The Bertz CT molecular complexity index is 1200. The number of anilines is 2. The molecule has 1 aliphatic rings. The molecule has 5 heteroatoms. The Morgan fingerprint density at radius 1 is 0.677 bits per heavy atom. The topological polar surface area (TPSA) is 30.5 Å². The number of halogens is 1. The fraction of sp³-hybridized carbons (Fsp3) is 0.0769. The van der Waals surface area contributed by atoms with Crippen LogP contribution in [0.15, 0.2) is 101 Å². The zero-order valence-corrected chi connectivity index (χ0v) is 18.2. The van der Waals surface area contributed by atoms with Gasteiger partial charge < -0.3 is 14.8 Å². The molecule has 0 amide bonds. The molecule has 0 spiro atoms. The molecule has 1 N–H and O–H groups in total. The van der Waals surface area contributed by atoms with Crippen LogP contribution in [0.4, 0.5) is 11.4 Å². The van der Waals surface area contributed by atoms with Crippen LogP contribution in [-0.2, 0) is 13.2 Å². The van der Waals surface area contributed by atoms with Crippen LogP contribution in [0, 0.1) is 0 Å². The summed E-state index contributed by atoms with van der Waals surface area (Å²) in [6.45, 7) is 1.02. The Labute approximate surface area is 191 Å². The molecular weight excluding hydrogens is 426 g/mol. The quantitative estimate of drug-likeness (QED) is 0.290. The van der Waals surface area contributed by atoms with Crippen molar-refractivity contribution in [2.75, 3.05) is 5.32 Å². The third-order valence-electron chi connectivity index (χ3n) is 4.96. The molecule has 1 aliphatic heterocycles. The Hall–Kier alpha value is -3.08. The Morgan fingerprint density at radius 2 is 1.32 bits per heavy atom. The van der Waals surface area contributed by atoms with E-state index in [1.807, 2.05) is 72.8 Å². The minimum atomic E-state index is 0.478. The first kappa shape index (κ1) is 19.9. The van der Waals surface area contributed by atoms with Crippen LogP contribution in [0.1, 0.15) is 11.1 Å². The average molecular weight is 446 g/mol. The second-order valence-corrected chi connectivity index (χ2v) is 8.70. The van der Waals surface area contributed by atoms with Gasteiger partial charge in [-0.1, -0.05) is 84.0 Å². The third kappa shape index (κ3) is 4.66. The Morgan fingerprint density at radius 3 is 2.03 bits per heavy atom. The summed E-state index contributed by atoms with van der Waals surface area (Å²) in [6.07, 6.45) is 0. The molecule has 0 aliphatic carbocycles. The van der Waals surface area contributed by atoms with Gasteiger partial charge in [0.2, 0.25) is 0 Å². The maximum atomic E-state index is 6.48. The summed E-state index contributed by atoms with van der Waals surface area (Å²) in [6, 6.07) is 30.3. The molecule has 5 rings (SSSR count). The predicted octanol–water partition coefficient (Wildman–Crippen LogP) is 7.71. The van der Waals surface area contributed by atoms with Crippen molar-refractivity contribution < 1.29 is 9.47 Å². The van der Waals surface area contributed by atoms with Crippen LogP contribution < -0.4 is 14.8 Å². The highest BCUT2D eigenvalue weighted by molar-refractivity contribution is 7.99. The molecule has 0 unspecified atom stereocenters. The van der Waals surface area contributed by atoms with Gasteiger partial charge in [-0.3, -0.25) is 0 Å². The van der Waals surface area contributed by atoms with Crippen LogP contribution in [0.5, 0.6) is 11.5 Å². The van der Waals surface area contributed by atoms with E-state index in [0.717, 1.165) is 38.0 Å². The molecule has 3 nitrogen and oxygen atoms in total. The first-order chi connectivity index (χ1) is 15.2. The number of rotatable bonds is 6. The van der Waals surface area contributed by atoms with Crippen molar-refractivity contribution in [2.45, 2.75) is 23.0 Å². The van der Waals surface area contributed by atoms with E-state index >= 15 is 0 Å². The van der Waals surface area contributed by atoms with Gasteiger partial charge in [0.15, 0.2) is 0 Å². The van der Waals surface area contributed by atoms with E-state index in [1.54, 1.807) is 11.8 Å². The van der Waals surface area contributed by atoms with Crippen LogP contribution in [0.3, 0.4) is 0 Å². The van der Waals surface area contributed by atoms with Crippen LogP contribution in [0.2, 0.25) is 5.02 Å². The summed E-state index contributed by atoms with van der Waals surface area (Å²) >= 11 is 8.17. The van der Waals surface area contributed by atoms with Gasteiger partial charge in [0.1, 0.15) is 24.7 Å². The molecule has 0 atom stereocenters. The Balaban J connectivity index is 1.31. The number of hydrogen-bond donors (Lipinski definition) is 1. The molecule has 0 aromatic heterocycles. The fourth-order valence-electron chi connectivity index (χ4n) is 3.35. The van der Waals surface area contributed by atoms with Crippen molar-refractivity contribution in [2.24, 2.45) is 0 Å². The predicted molar refractivity (Wildman–Crippen MR) is 127 cm³/mol. The number of ether oxygens (including phenoxy) is 2. The molecule has 0 saturated heterocycles. The van der Waals surface area contributed by atoms with E-state index in [9.17, 15) is 0 Å². The zero-order chi connectivity index (χ0) is 21.0. The van der Waals surface area contributed by atoms with Crippen LogP contribution in [-0.4, -0.2) is 0 Å². The van der Waals surface area contributed by atoms with Crippen molar-refractivity contribution in [3.05, 3.63) is 107 Å². The number of fused-ring (bicyclic) bond motifs is 2. The second-order valence-electron chi connectivity index (χ2n) is 7.21. The summed E-state index contributed by atoms with van der Waals surface area (Å²) in [7, 11) is 0. The molecular formula is C26H20ClNO2S. The van der Waals surface area contributed by atoms with Gasteiger partial charge in [-0.15, -0.1) is 0 Å². The standard InChI is InChI=1S/C26H20ClNO2S/c27-21-14-23-26(15-24(21)30-17-19-9-5-2-6-10-19)31-25-13-20(11-12-22(25)28-23)29-16-18-7-3-1-4-8-18/h1-15,28H,16-17H2. The Kier molecular flexibility index (Phi) is 5.74. The van der Waals surface area contributed by atoms with E-state index in [1.165, 1.54) is 0 Å². The lowest BCUT2D eigenvalue weighted by Crippen LogP contribution is -2.02. The van der Waals surface area contributed by atoms with Crippen molar-refractivity contribution in [3.63, 3.8) is 0 Å². The number of nitrogens with one attached hydrogen (secondary N) is 1. The molecule has 1 heterocycles. The van der Waals surface area contributed by atoms with Gasteiger partial charge in [0.25, 0.3) is 0 Å².